The minimum absolute atomic E-state index is 0.0236. The Hall–Kier alpha value is -2.88. The third kappa shape index (κ3) is 4.60. The van der Waals surface area contributed by atoms with E-state index in [4.69, 9.17) is 4.74 Å². The number of carbonyl (C=O) groups excluding carboxylic acids is 3. The van der Waals surface area contributed by atoms with E-state index in [9.17, 15) is 23.9 Å². The molecule has 0 radical (unpaired) electrons. The molecule has 230 valence electrons. The lowest BCUT2D eigenvalue weighted by molar-refractivity contribution is -0.180. The highest BCUT2D eigenvalue weighted by Crippen LogP contribution is 2.68. The lowest BCUT2D eigenvalue weighted by Gasteiger charge is -2.60. The second-order valence-corrected chi connectivity index (χ2v) is 15.8. The number of aliphatic hydroxyl groups excluding tert-OH is 1. The maximum Gasteiger partial charge on any atom is 0.339 e. The molecular formula is C35H36FNO5S2. The Bertz CT molecular complexity index is 1650. The summed E-state index contributed by atoms with van der Waals surface area (Å²) in [6, 6.07) is 13.0. The van der Waals surface area contributed by atoms with Crippen molar-refractivity contribution in [3.05, 3.63) is 71.6 Å². The lowest BCUT2D eigenvalue weighted by Crippen LogP contribution is -2.63. The van der Waals surface area contributed by atoms with Crippen LogP contribution in [0.5, 0.6) is 0 Å². The molecule has 3 saturated carbocycles. The Balaban J connectivity index is 1.23. The third-order valence-electron chi connectivity index (χ3n) is 11.4. The van der Waals surface area contributed by atoms with Gasteiger partial charge < -0.3 is 9.84 Å². The van der Waals surface area contributed by atoms with E-state index in [2.05, 4.69) is 11.9 Å². The summed E-state index contributed by atoms with van der Waals surface area (Å²) < 4.78 is 21.9. The highest BCUT2D eigenvalue weighted by Gasteiger charge is 2.70. The van der Waals surface area contributed by atoms with Crippen LogP contribution in [-0.2, 0) is 14.3 Å². The van der Waals surface area contributed by atoms with Crippen molar-refractivity contribution in [3.63, 3.8) is 0 Å². The number of Topliss-reactive ketones (excluding diaryl/α,β-unsaturated/α-hetero) is 1. The van der Waals surface area contributed by atoms with Gasteiger partial charge in [0.05, 0.1) is 27.6 Å². The smallest absolute Gasteiger partial charge is 0.339 e. The van der Waals surface area contributed by atoms with Crippen LogP contribution in [0.25, 0.3) is 10.2 Å². The summed E-state index contributed by atoms with van der Waals surface area (Å²) in [5.41, 5.74) is -0.295. The summed E-state index contributed by atoms with van der Waals surface area (Å²) in [5, 5.41) is 12.0. The maximum atomic E-state index is 14.5. The van der Waals surface area contributed by atoms with Crippen molar-refractivity contribution in [2.45, 2.75) is 74.8 Å². The largest absolute Gasteiger partial charge is 0.447 e. The van der Waals surface area contributed by atoms with Crippen molar-refractivity contribution >= 4 is 50.9 Å². The second kappa shape index (κ2) is 10.9. The number of halogens is 1. The number of para-hydroxylation sites is 1. The quantitative estimate of drug-likeness (QED) is 0.227. The summed E-state index contributed by atoms with van der Waals surface area (Å²) in [6.07, 6.45) is 5.33. The number of esters is 1. The molecule has 1 N–H and O–H groups in total. The van der Waals surface area contributed by atoms with E-state index < -0.39 is 28.9 Å². The Morgan fingerprint density at radius 2 is 1.86 bits per heavy atom. The maximum absolute atomic E-state index is 14.5. The van der Waals surface area contributed by atoms with Crippen molar-refractivity contribution in [2.24, 2.45) is 28.6 Å². The van der Waals surface area contributed by atoms with E-state index in [0.717, 1.165) is 39.4 Å². The summed E-state index contributed by atoms with van der Waals surface area (Å²) >= 11 is 2.88. The molecule has 44 heavy (non-hydrogen) atoms. The first kappa shape index (κ1) is 29.8. The number of fused-ring (bicyclic) bond motifs is 6. The number of ketones is 2. The number of rotatable bonds is 6. The fourth-order valence-electron chi connectivity index (χ4n) is 9.32. The summed E-state index contributed by atoms with van der Waals surface area (Å²) in [4.78, 5) is 45.2. The lowest BCUT2D eigenvalue weighted by atomic mass is 9.45. The molecule has 3 fully saturated rings. The van der Waals surface area contributed by atoms with E-state index in [1.165, 1.54) is 47.4 Å². The van der Waals surface area contributed by atoms with E-state index in [0.29, 0.717) is 25.7 Å². The molecule has 0 bridgehead atoms. The SMILES string of the molecule is CC12CCC(=O)C=C1CCC1C2[C@@H](O)CC2(C)C1CC[C@]2(OC(=O)c1ccc(F)cc1)C(=O)CSc1nc2ccccc2s1. The van der Waals surface area contributed by atoms with Crippen molar-refractivity contribution in [1.82, 2.24) is 4.98 Å². The Kier molecular flexibility index (Phi) is 7.37. The number of carbonyl (C=O) groups is 3. The normalized spacial score (nSPS) is 34.5. The zero-order valence-electron chi connectivity index (χ0n) is 24.9. The van der Waals surface area contributed by atoms with Crippen LogP contribution in [0.15, 0.2) is 64.5 Å². The van der Waals surface area contributed by atoms with E-state index in [-0.39, 0.29) is 46.1 Å². The van der Waals surface area contributed by atoms with Gasteiger partial charge in [-0.1, -0.05) is 43.3 Å². The fourth-order valence-corrected chi connectivity index (χ4v) is 11.3. The van der Waals surface area contributed by atoms with Gasteiger partial charge in [0.25, 0.3) is 0 Å². The first-order valence-electron chi connectivity index (χ1n) is 15.5. The topological polar surface area (TPSA) is 93.6 Å². The van der Waals surface area contributed by atoms with Crippen LogP contribution in [0.1, 0.15) is 69.2 Å². The molecule has 1 aromatic heterocycles. The minimum Gasteiger partial charge on any atom is -0.447 e. The molecule has 1 heterocycles. The molecule has 4 aliphatic rings. The zero-order valence-corrected chi connectivity index (χ0v) is 26.5. The van der Waals surface area contributed by atoms with Crippen LogP contribution in [-0.4, -0.2) is 45.1 Å². The molecule has 9 heteroatoms. The summed E-state index contributed by atoms with van der Waals surface area (Å²) in [7, 11) is 0. The monoisotopic (exact) mass is 633 g/mol. The number of ether oxygens (including phenoxy) is 1. The van der Waals surface area contributed by atoms with Gasteiger partial charge in [0.15, 0.2) is 21.5 Å². The zero-order chi connectivity index (χ0) is 30.9. The Morgan fingerprint density at radius 1 is 1.09 bits per heavy atom. The van der Waals surface area contributed by atoms with Gasteiger partial charge in [0.2, 0.25) is 0 Å². The number of aromatic nitrogens is 1. The third-order valence-corrected chi connectivity index (χ3v) is 13.6. The van der Waals surface area contributed by atoms with Crippen molar-refractivity contribution in [3.8, 4) is 0 Å². The molecular weight excluding hydrogens is 598 g/mol. The first-order valence-corrected chi connectivity index (χ1v) is 17.3. The molecule has 0 aliphatic heterocycles. The molecule has 6 nitrogen and oxygen atoms in total. The standard InChI is InChI=1S/C35H36FNO5S2/c1-33-15-13-23(38)17-21(33)9-12-24-25-14-16-35(34(25,2)18-27(39)30(24)33,42-31(41)20-7-10-22(36)11-8-20)29(40)19-43-32-37-26-5-3-4-6-28(26)44-32/h3-8,10-11,17,24-25,27,30,39H,9,12-16,18-19H2,1-2H3/t24?,25?,27-,30?,33?,34?,35-/m0/s1. The van der Waals surface area contributed by atoms with E-state index >= 15 is 0 Å². The number of benzene rings is 2. The number of allylic oxidation sites excluding steroid dienone is 1. The van der Waals surface area contributed by atoms with Crippen molar-refractivity contribution in [2.75, 3.05) is 5.75 Å². The van der Waals surface area contributed by atoms with Gasteiger partial charge in [-0.2, -0.15) is 0 Å². The molecule has 7 atom stereocenters. The van der Waals surface area contributed by atoms with Gasteiger partial charge in [0.1, 0.15) is 5.82 Å². The van der Waals surface area contributed by atoms with E-state index in [1.807, 2.05) is 37.3 Å². The molecule has 5 unspecified atom stereocenters. The van der Waals surface area contributed by atoms with Gasteiger partial charge in [-0.15, -0.1) is 11.3 Å². The first-order chi connectivity index (χ1) is 21.0. The number of thiazole rings is 1. The predicted molar refractivity (Wildman–Crippen MR) is 168 cm³/mol. The number of aliphatic hydroxyl groups is 1. The van der Waals surface area contributed by atoms with Crippen LogP contribution in [0.4, 0.5) is 4.39 Å². The molecule has 0 amide bonds. The summed E-state index contributed by atoms with van der Waals surface area (Å²) in [6.45, 7) is 4.23. The van der Waals surface area contributed by atoms with E-state index in [1.54, 1.807) is 0 Å². The van der Waals surface area contributed by atoms with Crippen LogP contribution < -0.4 is 0 Å². The van der Waals surface area contributed by atoms with Crippen LogP contribution >= 0.6 is 23.1 Å². The minimum atomic E-state index is -1.45. The summed E-state index contributed by atoms with van der Waals surface area (Å²) in [5.74, 6) is -0.890. The highest BCUT2D eigenvalue weighted by molar-refractivity contribution is 8.01. The number of hydrogen-bond donors (Lipinski definition) is 1. The fraction of sp³-hybridized carbons (Fsp3) is 0.486. The molecule has 0 spiro atoms. The predicted octanol–water partition coefficient (Wildman–Crippen LogP) is 7.20. The average Bonchev–Trinajstić information content (AvgIpc) is 3.55. The van der Waals surface area contributed by atoms with Gasteiger partial charge in [-0.3, -0.25) is 9.59 Å². The Morgan fingerprint density at radius 3 is 2.64 bits per heavy atom. The van der Waals surface area contributed by atoms with Crippen molar-refractivity contribution < 1.29 is 28.6 Å². The van der Waals surface area contributed by atoms with Gasteiger partial charge in [-0.05, 0) is 104 Å². The van der Waals surface area contributed by atoms with Crippen LogP contribution in [0.2, 0.25) is 0 Å². The molecule has 4 aliphatic carbocycles. The Labute approximate surface area is 264 Å². The number of hydrogen-bond acceptors (Lipinski definition) is 8. The van der Waals surface area contributed by atoms with Gasteiger partial charge >= 0.3 is 5.97 Å². The van der Waals surface area contributed by atoms with Crippen LogP contribution in [0, 0.1) is 34.4 Å². The van der Waals surface area contributed by atoms with Gasteiger partial charge in [-0.25, -0.2) is 14.2 Å². The molecule has 0 saturated heterocycles. The highest BCUT2D eigenvalue weighted by atomic mass is 32.2. The molecule has 7 rings (SSSR count). The van der Waals surface area contributed by atoms with Crippen molar-refractivity contribution in [1.29, 1.82) is 0 Å². The van der Waals surface area contributed by atoms with Crippen LogP contribution in [0.3, 0.4) is 0 Å². The molecule has 2 aromatic carbocycles. The number of nitrogens with zero attached hydrogens (tertiary/aromatic N) is 1. The molecule has 3 aromatic rings. The average molecular weight is 634 g/mol. The number of thioether (sulfide) groups is 1. The second-order valence-electron chi connectivity index (χ2n) is 13.5. The van der Waals surface area contributed by atoms with Gasteiger partial charge in [0, 0.05) is 11.8 Å².